The third kappa shape index (κ3) is 4.39. The number of thiophene rings is 1. The summed E-state index contributed by atoms with van der Waals surface area (Å²) in [5.74, 6) is 2.27. The minimum atomic E-state index is -0.169. The van der Waals surface area contributed by atoms with Crippen LogP contribution in [-0.4, -0.2) is 45.6 Å². The van der Waals surface area contributed by atoms with Gasteiger partial charge in [0.05, 0.1) is 11.4 Å². The monoisotopic (exact) mass is 427 g/mol. The lowest BCUT2D eigenvalue weighted by atomic mass is 10.1. The molecule has 4 rings (SSSR count). The van der Waals surface area contributed by atoms with Gasteiger partial charge in [-0.25, -0.2) is 0 Å². The first-order chi connectivity index (χ1) is 14.0. The molecule has 2 aromatic heterocycles. The highest BCUT2D eigenvalue weighted by Gasteiger charge is 2.19. The number of benzene rings is 1. The van der Waals surface area contributed by atoms with E-state index in [1.807, 2.05) is 25.6 Å². The number of nitrogens with two attached hydrogens (primary N) is 1. The van der Waals surface area contributed by atoms with Crippen LogP contribution < -0.4 is 11.1 Å². The second-order valence-corrected chi connectivity index (χ2v) is 9.55. The summed E-state index contributed by atoms with van der Waals surface area (Å²) < 4.78 is 0. The predicted octanol–water partition coefficient (Wildman–Crippen LogP) is 3.37. The summed E-state index contributed by atoms with van der Waals surface area (Å²) in [7, 11) is 0. The molecule has 3 N–H and O–H groups in total. The molecule has 3 heterocycles. The molecule has 1 amide bonds. The molecule has 0 bridgehead atoms. The van der Waals surface area contributed by atoms with Gasteiger partial charge in [0, 0.05) is 43.1 Å². The second kappa shape index (κ2) is 8.69. The molecule has 1 aliphatic rings. The highest BCUT2D eigenvalue weighted by atomic mass is 32.2. The van der Waals surface area contributed by atoms with E-state index in [2.05, 4.69) is 44.7 Å². The lowest BCUT2D eigenvalue weighted by Crippen LogP contribution is -2.31. The standard InChI is InChI=1S/C21H25N5OS2/c1-13-14(2)24-25-21-17(13)18(22)19(29-21)20(27)23-11-15-3-5-16(6-4-15)12-26-7-9-28-10-8-26/h3-6H,7-12,22H2,1-2H3,(H,23,27). The number of anilines is 1. The number of hydrogen-bond acceptors (Lipinski definition) is 7. The maximum absolute atomic E-state index is 12.7. The van der Waals surface area contributed by atoms with Crippen molar-refractivity contribution in [2.75, 3.05) is 30.3 Å². The third-order valence-corrected chi connectivity index (χ3v) is 7.36. The summed E-state index contributed by atoms with van der Waals surface area (Å²) in [4.78, 5) is 16.4. The van der Waals surface area contributed by atoms with E-state index >= 15 is 0 Å². The Kier molecular flexibility index (Phi) is 6.03. The van der Waals surface area contributed by atoms with Crippen molar-refractivity contribution < 1.29 is 4.79 Å². The minimum Gasteiger partial charge on any atom is -0.397 e. The molecule has 0 radical (unpaired) electrons. The number of aryl methyl sites for hydroxylation is 2. The molecule has 8 heteroatoms. The summed E-state index contributed by atoms with van der Waals surface area (Å²) in [6.45, 7) is 7.63. The Bertz CT molecular complexity index is 1030. The molecule has 0 saturated carbocycles. The molecule has 0 spiro atoms. The molecule has 0 atom stereocenters. The minimum absolute atomic E-state index is 0.169. The second-order valence-electron chi connectivity index (χ2n) is 7.32. The number of nitrogens with zero attached hydrogens (tertiary/aromatic N) is 3. The topological polar surface area (TPSA) is 84.1 Å². The van der Waals surface area contributed by atoms with Crippen LogP contribution in [0.2, 0.25) is 0 Å². The van der Waals surface area contributed by atoms with E-state index in [1.54, 1.807) is 0 Å². The summed E-state index contributed by atoms with van der Waals surface area (Å²) in [6, 6.07) is 8.47. The zero-order valence-corrected chi connectivity index (χ0v) is 18.3. The van der Waals surface area contributed by atoms with Crippen LogP contribution >= 0.6 is 23.1 Å². The maximum atomic E-state index is 12.7. The van der Waals surface area contributed by atoms with Crippen LogP contribution in [0.15, 0.2) is 24.3 Å². The largest absolute Gasteiger partial charge is 0.397 e. The molecule has 1 fully saturated rings. The van der Waals surface area contributed by atoms with Gasteiger partial charge in [-0.05, 0) is 30.5 Å². The van der Waals surface area contributed by atoms with E-state index < -0.39 is 0 Å². The zero-order valence-electron chi connectivity index (χ0n) is 16.7. The van der Waals surface area contributed by atoms with Gasteiger partial charge in [-0.15, -0.1) is 16.4 Å². The van der Waals surface area contributed by atoms with Crippen LogP contribution in [0.4, 0.5) is 5.69 Å². The van der Waals surface area contributed by atoms with Crippen LogP contribution in [0.5, 0.6) is 0 Å². The van der Waals surface area contributed by atoms with Gasteiger partial charge in [0.1, 0.15) is 9.71 Å². The smallest absolute Gasteiger partial charge is 0.263 e. The molecule has 1 aromatic carbocycles. The van der Waals surface area contributed by atoms with Crippen molar-refractivity contribution in [2.24, 2.45) is 0 Å². The summed E-state index contributed by atoms with van der Waals surface area (Å²) in [5.41, 5.74) is 10.9. The lowest BCUT2D eigenvalue weighted by Gasteiger charge is -2.26. The van der Waals surface area contributed by atoms with Crippen molar-refractivity contribution >= 4 is 44.9 Å². The average molecular weight is 428 g/mol. The Morgan fingerprint density at radius 3 is 2.55 bits per heavy atom. The molecule has 0 unspecified atom stereocenters. The predicted molar refractivity (Wildman–Crippen MR) is 122 cm³/mol. The van der Waals surface area contributed by atoms with Crippen molar-refractivity contribution in [3.05, 3.63) is 51.5 Å². The van der Waals surface area contributed by atoms with E-state index in [1.165, 1.54) is 28.4 Å². The van der Waals surface area contributed by atoms with Crippen molar-refractivity contribution in [1.82, 2.24) is 20.4 Å². The normalized spacial score (nSPS) is 15.0. The Hall–Kier alpha value is -2.16. The van der Waals surface area contributed by atoms with Gasteiger partial charge >= 0.3 is 0 Å². The average Bonchev–Trinajstić information content (AvgIpc) is 3.08. The van der Waals surface area contributed by atoms with Crippen molar-refractivity contribution in [3.8, 4) is 0 Å². The first-order valence-corrected chi connectivity index (χ1v) is 11.7. The zero-order chi connectivity index (χ0) is 20.4. The van der Waals surface area contributed by atoms with Gasteiger partial charge in [-0.2, -0.15) is 16.9 Å². The SMILES string of the molecule is Cc1nnc2sc(C(=O)NCc3ccc(CN4CCSCC4)cc3)c(N)c2c1C. The number of carbonyl (C=O) groups excluding carboxylic acids is 1. The molecule has 6 nitrogen and oxygen atoms in total. The summed E-state index contributed by atoms with van der Waals surface area (Å²) >= 11 is 3.32. The van der Waals surface area contributed by atoms with Crippen LogP contribution in [0.1, 0.15) is 32.1 Å². The maximum Gasteiger partial charge on any atom is 0.263 e. The number of rotatable bonds is 5. The third-order valence-electron chi connectivity index (χ3n) is 5.33. The van der Waals surface area contributed by atoms with E-state index in [4.69, 9.17) is 5.73 Å². The number of aromatic nitrogens is 2. The van der Waals surface area contributed by atoms with Crippen LogP contribution in [0, 0.1) is 13.8 Å². The fourth-order valence-electron chi connectivity index (χ4n) is 3.45. The van der Waals surface area contributed by atoms with Gasteiger partial charge in [0.15, 0.2) is 0 Å². The fourth-order valence-corrected chi connectivity index (χ4v) is 5.45. The van der Waals surface area contributed by atoms with Gasteiger partial charge in [0.25, 0.3) is 5.91 Å². The number of amides is 1. The Morgan fingerprint density at radius 1 is 1.14 bits per heavy atom. The van der Waals surface area contributed by atoms with Crippen molar-refractivity contribution in [3.63, 3.8) is 0 Å². The Morgan fingerprint density at radius 2 is 1.83 bits per heavy atom. The van der Waals surface area contributed by atoms with Gasteiger partial charge in [-0.3, -0.25) is 9.69 Å². The van der Waals surface area contributed by atoms with Crippen LogP contribution in [0.3, 0.4) is 0 Å². The van der Waals surface area contributed by atoms with Gasteiger partial charge in [-0.1, -0.05) is 24.3 Å². The fraction of sp³-hybridized carbons (Fsp3) is 0.381. The first-order valence-electron chi connectivity index (χ1n) is 9.71. The van der Waals surface area contributed by atoms with E-state index in [0.29, 0.717) is 21.9 Å². The summed E-state index contributed by atoms with van der Waals surface area (Å²) in [6.07, 6.45) is 0. The molecule has 1 aliphatic heterocycles. The highest BCUT2D eigenvalue weighted by Crippen LogP contribution is 2.34. The molecule has 3 aromatic rings. The Balaban J connectivity index is 1.40. The molecule has 29 heavy (non-hydrogen) atoms. The highest BCUT2D eigenvalue weighted by molar-refractivity contribution is 7.99. The number of nitrogens with one attached hydrogen (secondary N) is 1. The van der Waals surface area contributed by atoms with Crippen molar-refractivity contribution in [1.29, 1.82) is 0 Å². The number of hydrogen-bond donors (Lipinski definition) is 2. The Labute approximate surface area is 178 Å². The molecule has 1 saturated heterocycles. The van der Waals surface area contributed by atoms with E-state index in [-0.39, 0.29) is 5.91 Å². The number of nitrogen functional groups attached to an aromatic ring is 1. The van der Waals surface area contributed by atoms with Gasteiger partial charge < -0.3 is 11.1 Å². The van der Waals surface area contributed by atoms with Crippen molar-refractivity contribution in [2.45, 2.75) is 26.9 Å². The summed E-state index contributed by atoms with van der Waals surface area (Å²) in [5, 5.41) is 12.1. The van der Waals surface area contributed by atoms with Crippen LogP contribution in [0.25, 0.3) is 10.2 Å². The lowest BCUT2D eigenvalue weighted by molar-refractivity contribution is 0.0956. The first kappa shape index (κ1) is 20.1. The molecule has 152 valence electrons. The molecular weight excluding hydrogens is 402 g/mol. The molecule has 0 aliphatic carbocycles. The van der Waals surface area contributed by atoms with E-state index in [9.17, 15) is 4.79 Å². The number of fused-ring (bicyclic) bond motifs is 1. The molecular formula is C21H25N5OS2. The number of carbonyl (C=O) groups is 1. The van der Waals surface area contributed by atoms with Gasteiger partial charge in [0.2, 0.25) is 0 Å². The van der Waals surface area contributed by atoms with E-state index in [0.717, 1.165) is 41.8 Å². The van der Waals surface area contributed by atoms with Crippen LogP contribution in [-0.2, 0) is 13.1 Å². The number of thioether (sulfide) groups is 1. The quantitative estimate of drug-likeness (QED) is 0.649.